The van der Waals surface area contributed by atoms with Crippen LogP contribution in [0.1, 0.15) is 23.0 Å². The zero-order chi connectivity index (χ0) is 19.6. The van der Waals surface area contributed by atoms with Crippen LogP contribution in [-0.2, 0) is 4.79 Å². The zero-order valence-electron chi connectivity index (χ0n) is 14.5. The predicted octanol–water partition coefficient (Wildman–Crippen LogP) is 4.14. The van der Waals surface area contributed by atoms with Crippen LogP contribution in [0, 0.1) is 18.6 Å². The number of carbonyl (C=O) groups is 2. The molecule has 6 nitrogen and oxygen atoms in total. The lowest BCUT2D eigenvalue weighted by Gasteiger charge is -2.09. The lowest BCUT2D eigenvalue weighted by Crippen LogP contribution is -2.14. The van der Waals surface area contributed by atoms with Crippen molar-refractivity contribution >= 4 is 23.2 Å². The first kappa shape index (κ1) is 18.2. The molecule has 2 aromatic carbocycles. The average Bonchev–Trinajstić information content (AvgIpc) is 3.00. The molecule has 0 aliphatic carbocycles. The number of rotatable bonds is 4. The molecule has 0 unspecified atom stereocenters. The molecule has 0 saturated heterocycles. The fourth-order valence-corrected chi connectivity index (χ4v) is 2.53. The minimum atomic E-state index is -0.628. The van der Waals surface area contributed by atoms with Crippen LogP contribution in [-0.4, -0.2) is 17.0 Å². The minimum absolute atomic E-state index is 0.0545. The highest BCUT2D eigenvalue weighted by Crippen LogP contribution is 2.27. The van der Waals surface area contributed by atoms with E-state index in [1.54, 1.807) is 6.92 Å². The molecule has 0 spiro atoms. The maximum Gasteiger partial charge on any atom is 0.261 e. The third-order valence-corrected chi connectivity index (χ3v) is 3.74. The summed E-state index contributed by atoms with van der Waals surface area (Å²) in [5, 5.41) is 8.83. The summed E-state index contributed by atoms with van der Waals surface area (Å²) in [5.74, 6) is -1.74. The van der Waals surface area contributed by atoms with Gasteiger partial charge in [0.15, 0.2) is 0 Å². The van der Waals surface area contributed by atoms with Gasteiger partial charge in [-0.1, -0.05) is 5.16 Å². The highest BCUT2D eigenvalue weighted by molar-refractivity contribution is 6.09. The summed E-state index contributed by atoms with van der Waals surface area (Å²) in [4.78, 5) is 23.9. The standard InChI is InChI=1S/C19H15F2N3O3/c1-10-17(18(24-27-10)12-3-5-13(20)6-4-12)19(26)23-14-7-8-15(21)16(9-14)22-11(2)25/h3-9H,1-2H3,(H,22,25)(H,23,26). The lowest BCUT2D eigenvalue weighted by molar-refractivity contribution is -0.114. The summed E-state index contributed by atoms with van der Waals surface area (Å²) in [5.41, 5.74) is 1.16. The molecule has 138 valence electrons. The maximum atomic E-state index is 13.7. The molecule has 0 fully saturated rings. The Morgan fingerprint density at radius 1 is 1.04 bits per heavy atom. The molecule has 2 amide bonds. The molecule has 0 bridgehead atoms. The van der Waals surface area contributed by atoms with E-state index in [9.17, 15) is 18.4 Å². The number of carbonyl (C=O) groups excluding carboxylic acids is 2. The molecular weight excluding hydrogens is 356 g/mol. The Labute approximate surface area is 153 Å². The fraction of sp³-hybridized carbons (Fsp3) is 0.105. The van der Waals surface area contributed by atoms with E-state index in [-0.39, 0.29) is 28.4 Å². The van der Waals surface area contributed by atoms with Gasteiger partial charge in [0.05, 0.1) is 5.69 Å². The summed E-state index contributed by atoms with van der Waals surface area (Å²) < 4.78 is 32.0. The molecule has 2 N–H and O–H groups in total. The Balaban J connectivity index is 1.90. The van der Waals surface area contributed by atoms with Crippen LogP contribution in [0.15, 0.2) is 47.0 Å². The van der Waals surface area contributed by atoms with Crippen LogP contribution in [0.25, 0.3) is 11.3 Å². The molecule has 0 saturated carbocycles. The van der Waals surface area contributed by atoms with Crippen LogP contribution < -0.4 is 10.6 Å². The molecule has 0 radical (unpaired) electrons. The van der Waals surface area contributed by atoms with Crippen molar-refractivity contribution in [1.29, 1.82) is 0 Å². The predicted molar refractivity (Wildman–Crippen MR) is 95.3 cm³/mol. The number of hydrogen-bond acceptors (Lipinski definition) is 4. The molecule has 3 aromatic rings. The van der Waals surface area contributed by atoms with Crippen molar-refractivity contribution in [3.8, 4) is 11.3 Å². The third-order valence-electron chi connectivity index (χ3n) is 3.74. The van der Waals surface area contributed by atoms with E-state index in [1.807, 2.05) is 0 Å². The van der Waals surface area contributed by atoms with Crippen molar-refractivity contribution < 1.29 is 22.9 Å². The molecule has 1 heterocycles. The number of aromatic nitrogens is 1. The van der Waals surface area contributed by atoms with Crippen molar-refractivity contribution in [3.05, 3.63) is 65.4 Å². The van der Waals surface area contributed by atoms with Crippen LogP contribution in [0.3, 0.4) is 0 Å². The quantitative estimate of drug-likeness (QED) is 0.722. The van der Waals surface area contributed by atoms with Gasteiger partial charge in [0.25, 0.3) is 5.91 Å². The number of hydrogen-bond donors (Lipinski definition) is 2. The van der Waals surface area contributed by atoms with Crippen molar-refractivity contribution in [2.45, 2.75) is 13.8 Å². The summed E-state index contributed by atoms with van der Waals surface area (Å²) in [6.07, 6.45) is 0. The molecule has 0 atom stereocenters. The number of amides is 2. The van der Waals surface area contributed by atoms with Gasteiger partial charge in [0.1, 0.15) is 28.7 Å². The van der Waals surface area contributed by atoms with Gasteiger partial charge >= 0.3 is 0 Å². The maximum absolute atomic E-state index is 13.7. The van der Waals surface area contributed by atoms with Gasteiger partial charge in [0.2, 0.25) is 5.91 Å². The van der Waals surface area contributed by atoms with Gasteiger partial charge in [-0.2, -0.15) is 0 Å². The largest absolute Gasteiger partial charge is 0.360 e. The Kier molecular flexibility index (Phi) is 4.98. The second-order valence-electron chi connectivity index (χ2n) is 5.80. The normalized spacial score (nSPS) is 10.5. The summed E-state index contributed by atoms with van der Waals surface area (Å²) >= 11 is 0. The fourth-order valence-electron chi connectivity index (χ4n) is 2.53. The average molecular weight is 371 g/mol. The first-order valence-corrected chi connectivity index (χ1v) is 7.96. The molecule has 1 aromatic heterocycles. The number of halogens is 2. The number of nitrogens with zero attached hydrogens (tertiary/aromatic N) is 1. The van der Waals surface area contributed by atoms with Crippen molar-refractivity contribution in [3.63, 3.8) is 0 Å². The van der Waals surface area contributed by atoms with Crippen LogP contribution in [0.4, 0.5) is 20.2 Å². The van der Waals surface area contributed by atoms with Gasteiger partial charge in [-0.05, 0) is 49.4 Å². The van der Waals surface area contributed by atoms with Crippen molar-refractivity contribution in [2.75, 3.05) is 10.6 Å². The molecule has 0 aliphatic rings. The number of nitrogens with one attached hydrogen (secondary N) is 2. The van der Waals surface area contributed by atoms with E-state index < -0.39 is 23.4 Å². The summed E-state index contributed by atoms with van der Waals surface area (Å²) in [7, 11) is 0. The lowest BCUT2D eigenvalue weighted by atomic mass is 10.1. The van der Waals surface area contributed by atoms with E-state index in [0.717, 1.165) is 6.07 Å². The number of benzene rings is 2. The first-order chi connectivity index (χ1) is 12.8. The van der Waals surface area contributed by atoms with Crippen LogP contribution in [0.2, 0.25) is 0 Å². The van der Waals surface area contributed by atoms with Gasteiger partial charge in [-0.15, -0.1) is 0 Å². The van der Waals surface area contributed by atoms with E-state index in [2.05, 4.69) is 15.8 Å². The van der Waals surface area contributed by atoms with Crippen molar-refractivity contribution in [1.82, 2.24) is 5.16 Å². The van der Waals surface area contributed by atoms with Gasteiger partial charge in [0, 0.05) is 18.2 Å². The monoisotopic (exact) mass is 371 g/mol. The second-order valence-corrected chi connectivity index (χ2v) is 5.80. The SMILES string of the molecule is CC(=O)Nc1cc(NC(=O)c2c(-c3ccc(F)cc3)noc2C)ccc1F. The van der Waals surface area contributed by atoms with Crippen LogP contribution in [0.5, 0.6) is 0 Å². The second kappa shape index (κ2) is 7.36. The van der Waals surface area contributed by atoms with E-state index in [1.165, 1.54) is 43.3 Å². The van der Waals surface area contributed by atoms with Gasteiger partial charge in [-0.3, -0.25) is 9.59 Å². The van der Waals surface area contributed by atoms with E-state index >= 15 is 0 Å². The summed E-state index contributed by atoms with van der Waals surface area (Å²) in [6.45, 7) is 2.82. The molecule has 0 aliphatic heterocycles. The van der Waals surface area contributed by atoms with E-state index in [0.29, 0.717) is 5.56 Å². The minimum Gasteiger partial charge on any atom is -0.360 e. The van der Waals surface area contributed by atoms with Gasteiger partial charge in [-0.25, -0.2) is 8.78 Å². The highest BCUT2D eigenvalue weighted by atomic mass is 19.1. The van der Waals surface area contributed by atoms with Crippen molar-refractivity contribution in [2.24, 2.45) is 0 Å². The Bertz CT molecular complexity index is 1010. The number of aryl methyl sites for hydroxylation is 1. The Morgan fingerprint density at radius 3 is 2.41 bits per heavy atom. The zero-order valence-corrected chi connectivity index (χ0v) is 14.5. The first-order valence-electron chi connectivity index (χ1n) is 7.96. The van der Waals surface area contributed by atoms with Crippen LogP contribution >= 0.6 is 0 Å². The molecule has 3 rings (SSSR count). The number of anilines is 2. The van der Waals surface area contributed by atoms with Gasteiger partial charge < -0.3 is 15.2 Å². The smallest absolute Gasteiger partial charge is 0.261 e. The topological polar surface area (TPSA) is 84.2 Å². The summed E-state index contributed by atoms with van der Waals surface area (Å²) in [6, 6.07) is 9.25. The highest BCUT2D eigenvalue weighted by Gasteiger charge is 2.22. The Morgan fingerprint density at radius 2 is 1.74 bits per heavy atom. The Hall–Kier alpha value is -3.55. The molecule has 27 heavy (non-hydrogen) atoms. The third kappa shape index (κ3) is 4.00. The molecular formula is C19H15F2N3O3. The van der Waals surface area contributed by atoms with E-state index in [4.69, 9.17) is 4.52 Å². The molecule has 8 heteroatoms.